The summed E-state index contributed by atoms with van der Waals surface area (Å²) in [5.41, 5.74) is 2.06. The van der Waals surface area contributed by atoms with Crippen LogP contribution in [0.1, 0.15) is 31.1 Å². The third-order valence-corrected chi connectivity index (χ3v) is 2.83. The Bertz CT molecular complexity index is 382. The molecule has 1 N–H and O–H groups in total. The van der Waals surface area contributed by atoms with Gasteiger partial charge in [0.2, 0.25) is 0 Å². The van der Waals surface area contributed by atoms with Gasteiger partial charge in [-0.2, -0.15) is 0 Å². The summed E-state index contributed by atoms with van der Waals surface area (Å²) < 4.78 is 0. The van der Waals surface area contributed by atoms with Gasteiger partial charge in [0.15, 0.2) is 0 Å². The lowest BCUT2D eigenvalue weighted by atomic mass is 10.1. The Kier molecular flexibility index (Phi) is 5.76. The van der Waals surface area contributed by atoms with Crippen molar-refractivity contribution in [2.75, 3.05) is 19.6 Å². The number of benzene rings is 1. The second-order valence-corrected chi connectivity index (χ2v) is 4.10. The molecule has 0 aliphatic rings. The van der Waals surface area contributed by atoms with E-state index in [1.807, 2.05) is 31.2 Å². The van der Waals surface area contributed by atoms with E-state index < -0.39 is 6.10 Å². The van der Waals surface area contributed by atoms with Crippen LogP contribution in [0.15, 0.2) is 24.3 Å². The molecule has 17 heavy (non-hydrogen) atoms. The van der Waals surface area contributed by atoms with Gasteiger partial charge in [-0.05, 0) is 25.6 Å². The molecule has 0 saturated heterocycles. The number of rotatable bonds is 4. The molecule has 0 aromatic heterocycles. The Hall–Kier alpha value is -1.30. The van der Waals surface area contributed by atoms with Crippen molar-refractivity contribution in [2.24, 2.45) is 0 Å². The first kappa shape index (κ1) is 13.8. The Balaban J connectivity index is 2.57. The van der Waals surface area contributed by atoms with Crippen LogP contribution < -0.4 is 0 Å². The van der Waals surface area contributed by atoms with E-state index in [4.69, 9.17) is 0 Å². The number of hydrogen-bond donors (Lipinski definition) is 1. The Morgan fingerprint density at radius 1 is 1.18 bits per heavy atom. The quantitative estimate of drug-likeness (QED) is 0.804. The van der Waals surface area contributed by atoms with Crippen LogP contribution in [0.4, 0.5) is 0 Å². The van der Waals surface area contributed by atoms with Crippen LogP contribution in [0.2, 0.25) is 0 Å². The van der Waals surface area contributed by atoms with E-state index in [1.165, 1.54) is 5.56 Å². The topological polar surface area (TPSA) is 23.5 Å². The van der Waals surface area contributed by atoms with Crippen molar-refractivity contribution in [1.82, 2.24) is 4.90 Å². The number of nitrogens with zero attached hydrogens (tertiary/aromatic N) is 1. The summed E-state index contributed by atoms with van der Waals surface area (Å²) in [6.45, 7) is 8.96. The molecule has 1 unspecified atom stereocenters. The Morgan fingerprint density at radius 3 is 2.29 bits per heavy atom. The molecule has 1 atom stereocenters. The molecule has 1 aromatic rings. The van der Waals surface area contributed by atoms with E-state index in [1.54, 1.807) is 0 Å². The highest BCUT2D eigenvalue weighted by molar-refractivity contribution is 5.28. The summed E-state index contributed by atoms with van der Waals surface area (Å²) in [7, 11) is 0. The molecule has 1 aromatic carbocycles. The zero-order valence-corrected chi connectivity index (χ0v) is 10.9. The van der Waals surface area contributed by atoms with E-state index >= 15 is 0 Å². The lowest BCUT2D eigenvalue weighted by Crippen LogP contribution is -2.22. The molecule has 0 fully saturated rings. The first-order valence-electron chi connectivity index (χ1n) is 6.12. The number of aliphatic hydroxyl groups is 1. The van der Waals surface area contributed by atoms with Gasteiger partial charge in [-0.25, -0.2) is 0 Å². The minimum atomic E-state index is -0.675. The van der Waals surface area contributed by atoms with E-state index in [0.29, 0.717) is 0 Å². The molecule has 0 amide bonds. The molecular weight excluding hydrogens is 210 g/mol. The fraction of sp³-hybridized carbons (Fsp3) is 0.467. The summed E-state index contributed by atoms with van der Waals surface area (Å²) >= 11 is 0. The fourth-order valence-electron chi connectivity index (χ4n) is 1.53. The SMILES string of the molecule is CCN(CC)CC#CC(O)c1ccc(C)cc1. The number of aryl methyl sites for hydroxylation is 1. The zero-order chi connectivity index (χ0) is 12.7. The van der Waals surface area contributed by atoms with Gasteiger partial charge in [0.1, 0.15) is 6.10 Å². The minimum Gasteiger partial charge on any atom is -0.376 e. The summed E-state index contributed by atoms with van der Waals surface area (Å²) in [5, 5.41) is 9.88. The summed E-state index contributed by atoms with van der Waals surface area (Å²) in [6.07, 6.45) is -0.675. The molecule has 2 heteroatoms. The standard InChI is InChI=1S/C15H21NO/c1-4-16(5-2)12-6-7-15(17)14-10-8-13(3)9-11-14/h8-11,15,17H,4-5,12H2,1-3H3. The van der Waals surface area contributed by atoms with Crippen molar-refractivity contribution in [3.63, 3.8) is 0 Å². The number of hydrogen-bond acceptors (Lipinski definition) is 2. The van der Waals surface area contributed by atoms with Gasteiger partial charge in [-0.3, -0.25) is 4.90 Å². The van der Waals surface area contributed by atoms with Crippen molar-refractivity contribution < 1.29 is 5.11 Å². The highest BCUT2D eigenvalue weighted by Crippen LogP contribution is 2.12. The van der Waals surface area contributed by atoms with Crippen LogP contribution in [0.25, 0.3) is 0 Å². The summed E-state index contributed by atoms with van der Waals surface area (Å²) in [6, 6.07) is 7.83. The molecule has 0 heterocycles. The Labute approximate surface area is 104 Å². The van der Waals surface area contributed by atoms with Gasteiger partial charge < -0.3 is 5.11 Å². The monoisotopic (exact) mass is 231 g/mol. The largest absolute Gasteiger partial charge is 0.376 e. The molecule has 1 rings (SSSR count). The lowest BCUT2D eigenvalue weighted by Gasteiger charge is -2.13. The molecular formula is C15H21NO. The van der Waals surface area contributed by atoms with Crippen LogP contribution in [-0.2, 0) is 0 Å². The normalized spacial score (nSPS) is 12.1. The fourth-order valence-corrected chi connectivity index (χ4v) is 1.53. The van der Waals surface area contributed by atoms with Crippen molar-refractivity contribution in [3.8, 4) is 11.8 Å². The molecule has 0 spiro atoms. The van der Waals surface area contributed by atoms with E-state index in [2.05, 4.69) is 30.6 Å². The summed E-state index contributed by atoms with van der Waals surface area (Å²) in [4.78, 5) is 2.22. The molecule has 2 nitrogen and oxygen atoms in total. The van der Waals surface area contributed by atoms with Crippen LogP contribution in [-0.4, -0.2) is 29.6 Å². The second kappa shape index (κ2) is 7.11. The van der Waals surface area contributed by atoms with Gasteiger partial charge in [-0.1, -0.05) is 55.5 Å². The molecule has 0 aliphatic heterocycles. The maximum Gasteiger partial charge on any atom is 0.140 e. The molecule has 0 aliphatic carbocycles. The minimum absolute atomic E-state index is 0.675. The summed E-state index contributed by atoms with van der Waals surface area (Å²) in [5.74, 6) is 5.91. The van der Waals surface area contributed by atoms with Crippen LogP contribution in [0, 0.1) is 18.8 Å². The number of aliphatic hydroxyl groups excluding tert-OH is 1. The van der Waals surface area contributed by atoms with Gasteiger partial charge >= 0.3 is 0 Å². The second-order valence-electron chi connectivity index (χ2n) is 4.10. The van der Waals surface area contributed by atoms with Crippen LogP contribution in [0.5, 0.6) is 0 Å². The van der Waals surface area contributed by atoms with Crippen LogP contribution in [0.3, 0.4) is 0 Å². The van der Waals surface area contributed by atoms with E-state index in [0.717, 1.165) is 25.2 Å². The van der Waals surface area contributed by atoms with Crippen molar-refractivity contribution in [3.05, 3.63) is 35.4 Å². The maximum absolute atomic E-state index is 9.88. The average molecular weight is 231 g/mol. The third kappa shape index (κ3) is 4.60. The predicted molar refractivity (Wildman–Crippen MR) is 71.7 cm³/mol. The maximum atomic E-state index is 9.88. The smallest absolute Gasteiger partial charge is 0.140 e. The third-order valence-electron chi connectivity index (χ3n) is 2.83. The zero-order valence-electron chi connectivity index (χ0n) is 10.9. The first-order valence-corrected chi connectivity index (χ1v) is 6.12. The lowest BCUT2D eigenvalue weighted by molar-refractivity contribution is 0.238. The predicted octanol–water partition coefficient (Wildman–Crippen LogP) is 2.37. The Morgan fingerprint density at radius 2 is 1.76 bits per heavy atom. The van der Waals surface area contributed by atoms with Crippen molar-refractivity contribution in [2.45, 2.75) is 26.9 Å². The molecule has 0 radical (unpaired) electrons. The van der Waals surface area contributed by atoms with Gasteiger partial charge in [-0.15, -0.1) is 0 Å². The first-order chi connectivity index (χ1) is 8.17. The van der Waals surface area contributed by atoms with Gasteiger partial charge in [0, 0.05) is 0 Å². The van der Waals surface area contributed by atoms with E-state index in [9.17, 15) is 5.11 Å². The molecule has 0 bridgehead atoms. The van der Waals surface area contributed by atoms with Crippen molar-refractivity contribution in [1.29, 1.82) is 0 Å². The van der Waals surface area contributed by atoms with Crippen LogP contribution >= 0.6 is 0 Å². The molecule has 92 valence electrons. The van der Waals surface area contributed by atoms with Crippen molar-refractivity contribution >= 4 is 0 Å². The highest BCUT2D eigenvalue weighted by atomic mass is 16.3. The average Bonchev–Trinajstić information content (AvgIpc) is 2.35. The van der Waals surface area contributed by atoms with Gasteiger partial charge in [0.25, 0.3) is 0 Å². The van der Waals surface area contributed by atoms with Gasteiger partial charge in [0.05, 0.1) is 6.54 Å². The molecule has 0 saturated carbocycles. The highest BCUT2D eigenvalue weighted by Gasteiger charge is 2.02. The van der Waals surface area contributed by atoms with E-state index in [-0.39, 0.29) is 0 Å².